The molecule has 20 heavy (non-hydrogen) atoms. The quantitative estimate of drug-likeness (QED) is 0.876. The van der Waals surface area contributed by atoms with Crippen LogP contribution in [0, 0.1) is 13.8 Å². The highest BCUT2D eigenvalue weighted by Crippen LogP contribution is 2.16. The van der Waals surface area contributed by atoms with Gasteiger partial charge in [0.1, 0.15) is 0 Å². The first-order valence-electron chi connectivity index (χ1n) is 6.98. The van der Waals surface area contributed by atoms with Gasteiger partial charge in [-0.1, -0.05) is 30.3 Å². The van der Waals surface area contributed by atoms with Crippen LogP contribution in [-0.2, 0) is 19.6 Å². The molecule has 0 saturated carbocycles. The number of hydrogen-bond donors (Lipinski definition) is 1. The zero-order valence-corrected chi connectivity index (χ0v) is 12.5. The van der Waals surface area contributed by atoms with Crippen molar-refractivity contribution < 1.29 is 5.11 Å². The van der Waals surface area contributed by atoms with Gasteiger partial charge in [-0.25, -0.2) is 0 Å². The highest BCUT2D eigenvalue weighted by atomic mass is 16.3. The predicted octanol–water partition coefficient (Wildman–Crippen LogP) is 2.12. The summed E-state index contributed by atoms with van der Waals surface area (Å²) in [5.41, 5.74) is 4.78. The van der Waals surface area contributed by atoms with Gasteiger partial charge in [0.15, 0.2) is 0 Å². The first-order valence-corrected chi connectivity index (χ1v) is 6.98. The van der Waals surface area contributed by atoms with E-state index in [9.17, 15) is 0 Å². The smallest absolute Gasteiger partial charge is 0.0644 e. The molecule has 0 saturated heterocycles. The zero-order valence-electron chi connectivity index (χ0n) is 12.5. The average molecular weight is 273 g/mol. The van der Waals surface area contributed by atoms with E-state index in [0.717, 1.165) is 24.5 Å². The van der Waals surface area contributed by atoms with Crippen molar-refractivity contribution >= 4 is 0 Å². The maximum atomic E-state index is 9.05. The lowest BCUT2D eigenvalue weighted by Crippen LogP contribution is -2.18. The number of aliphatic hydroxyl groups excluding tert-OH is 1. The molecule has 4 heteroatoms. The number of aliphatic hydroxyl groups is 1. The summed E-state index contributed by atoms with van der Waals surface area (Å²) in [6, 6.07) is 10.5. The Balaban J connectivity index is 2.06. The van der Waals surface area contributed by atoms with E-state index in [2.05, 4.69) is 48.2 Å². The number of benzene rings is 1. The van der Waals surface area contributed by atoms with Crippen LogP contribution in [0.1, 0.15) is 22.5 Å². The molecule has 0 unspecified atom stereocenters. The van der Waals surface area contributed by atoms with E-state index in [1.54, 1.807) is 0 Å². The third kappa shape index (κ3) is 3.46. The normalized spacial score (nSPS) is 11.2. The molecule has 1 aromatic carbocycles. The SMILES string of the molecule is Cc1nn(CCO)c(C)c1CN(C)Cc1ccccc1. The van der Waals surface area contributed by atoms with Crippen LogP contribution in [0.15, 0.2) is 30.3 Å². The fraction of sp³-hybridized carbons (Fsp3) is 0.438. The highest BCUT2D eigenvalue weighted by Gasteiger charge is 2.13. The first kappa shape index (κ1) is 14.8. The Bertz CT molecular complexity index is 548. The summed E-state index contributed by atoms with van der Waals surface area (Å²) in [6.45, 7) is 6.59. The van der Waals surface area contributed by atoms with Gasteiger partial charge in [-0.05, 0) is 26.5 Å². The second-order valence-electron chi connectivity index (χ2n) is 5.25. The molecule has 0 aliphatic heterocycles. The minimum atomic E-state index is 0.126. The van der Waals surface area contributed by atoms with Crippen molar-refractivity contribution in [2.24, 2.45) is 0 Å². The maximum absolute atomic E-state index is 9.05. The Hall–Kier alpha value is -1.65. The summed E-state index contributed by atoms with van der Waals surface area (Å²) in [5.74, 6) is 0. The molecule has 0 bridgehead atoms. The average Bonchev–Trinajstić information content (AvgIpc) is 2.68. The Morgan fingerprint density at radius 3 is 2.50 bits per heavy atom. The van der Waals surface area contributed by atoms with Gasteiger partial charge in [0.25, 0.3) is 0 Å². The Morgan fingerprint density at radius 1 is 1.15 bits per heavy atom. The molecule has 0 aliphatic carbocycles. The van der Waals surface area contributed by atoms with Crippen molar-refractivity contribution in [3.8, 4) is 0 Å². The van der Waals surface area contributed by atoms with Crippen molar-refractivity contribution in [1.29, 1.82) is 0 Å². The first-order chi connectivity index (χ1) is 9.61. The molecule has 1 heterocycles. The Morgan fingerprint density at radius 2 is 1.85 bits per heavy atom. The lowest BCUT2D eigenvalue weighted by atomic mass is 10.1. The highest BCUT2D eigenvalue weighted by molar-refractivity contribution is 5.24. The topological polar surface area (TPSA) is 41.3 Å². The number of hydrogen-bond acceptors (Lipinski definition) is 3. The molecule has 1 aromatic heterocycles. The monoisotopic (exact) mass is 273 g/mol. The van der Waals surface area contributed by atoms with Crippen molar-refractivity contribution in [2.45, 2.75) is 33.5 Å². The number of nitrogens with zero attached hydrogens (tertiary/aromatic N) is 3. The third-order valence-electron chi connectivity index (χ3n) is 3.57. The van der Waals surface area contributed by atoms with Gasteiger partial charge in [-0.15, -0.1) is 0 Å². The summed E-state index contributed by atoms with van der Waals surface area (Å²) in [7, 11) is 2.12. The minimum Gasteiger partial charge on any atom is -0.394 e. The Labute approximate surface area is 120 Å². The van der Waals surface area contributed by atoms with Crippen LogP contribution < -0.4 is 0 Å². The minimum absolute atomic E-state index is 0.126. The van der Waals surface area contributed by atoms with Gasteiger partial charge in [-0.3, -0.25) is 9.58 Å². The van der Waals surface area contributed by atoms with Crippen LogP contribution in [-0.4, -0.2) is 33.4 Å². The predicted molar refractivity (Wildman–Crippen MR) is 80.4 cm³/mol. The molecular formula is C16H23N3O. The summed E-state index contributed by atoms with van der Waals surface area (Å²) in [6.07, 6.45) is 0. The molecule has 108 valence electrons. The third-order valence-corrected chi connectivity index (χ3v) is 3.57. The summed E-state index contributed by atoms with van der Waals surface area (Å²) < 4.78 is 1.89. The van der Waals surface area contributed by atoms with Crippen LogP contribution in [0.25, 0.3) is 0 Å². The molecule has 1 N–H and O–H groups in total. The van der Waals surface area contributed by atoms with Gasteiger partial charge in [0.05, 0.1) is 18.8 Å². The number of aromatic nitrogens is 2. The standard InChI is InChI=1S/C16H23N3O/c1-13-16(14(2)19(17-13)9-10-20)12-18(3)11-15-7-5-4-6-8-15/h4-8,20H,9-12H2,1-3H3. The molecule has 0 aliphatic rings. The molecule has 0 fully saturated rings. The van der Waals surface area contributed by atoms with Gasteiger partial charge in [-0.2, -0.15) is 5.10 Å². The molecule has 2 rings (SSSR count). The number of aryl methyl sites for hydroxylation is 1. The van der Waals surface area contributed by atoms with Gasteiger partial charge in [0.2, 0.25) is 0 Å². The summed E-state index contributed by atoms with van der Waals surface area (Å²) >= 11 is 0. The van der Waals surface area contributed by atoms with E-state index in [1.807, 2.05) is 17.7 Å². The van der Waals surface area contributed by atoms with Crippen LogP contribution in [0.4, 0.5) is 0 Å². The van der Waals surface area contributed by atoms with Gasteiger partial charge < -0.3 is 5.11 Å². The second kappa shape index (κ2) is 6.68. The maximum Gasteiger partial charge on any atom is 0.0644 e. The molecular weight excluding hydrogens is 250 g/mol. The van der Waals surface area contributed by atoms with E-state index in [4.69, 9.17) is 5.11 Å². The molecule has 2 aromatic rings. The number of rotatable bonds is 6. The van der Waals surface area contributed by atoms with Gasteiger partial charge >= 0.3 is 0 Å². The largest absolute Gasteiger partial charge is 0.394 e. The molecule has 0 spiro atoms. The van der Waals surface area contributed by atoms with Crippen LogP contribution in [0.5, 0.6) is 0 Å². The molecule has 4 nitrogen and oxygen atoms in total. The van der Waals surface area contributed by atoms with E-state index in [0.29, 0.717) is 6.54 Å². The van der Waals surface area contributed by atoms with Crippen LogP contribution >= 0.6 is 0 Å². The second-order valence-corrected chi connectivity index (χ2v) is 5.25. The summed E-state index contributed by atoms with van der Waals surface area (Å²) in [4.78, 5) is 2.29. The fourth-order valence-corrected chi connectivity index (χ4v) is 2.50. The molecule has 0 atom stereocenters. The lowest BCUT2D eigenvalue weighted by Gasteiger charge is -2.17. The van der Waals surface area contributed by atoms with Crippen molar-refractivity contribution in [2.75, 3.05) is 13.7 Å². The van der Waals surface area contributed by atoms with E-state index < -0.39 is 0 Å². The van der Waals surface area contributed by atoms with Crippen LogP contribution in [0.2, 0.25) is 0 Å². The van der Waals surface area contributed by atoms with Crippen LogP contribution in [0.3, 0.4) is 0 Å². The van der Waals surface area contributed by atoms with E-state index in [-0.39, 0.29) is 6.61 Å². The van der Waals surface area contributed by atoms with E-state index >= 15 is 0 Å². The summed E-state index contributed by atoms with van der Waals surface area (Å²) in [5, 5.41) is 13.5. The molecule has 0 radical (unpaired) electrons. The Kier molecular flexibility index (Phi) is 4.93. The van der Waals surface area contributed by atoms with Crippen molar-refractivity contribution in [3.05, 3.63) is 52.8 Å². The van der Waals surface area contributed by atoms with Crippen molar-refractivity contribution in [3.63, 3.8) is 0 Å². The van der Waals surface area contributed by atoms with Crippen molar-refractivity contribution in [1.82, 2.24) is 14.7 Å². The van der Waals surface area contributed by atoms with E-state index in [1.165, 1.54) is 11.1 Å². The fourth-order valence-electron chi connectivity index (χ4n) is 2.50. The molecule has 0 amide bonds. The zero-order chi connectivity index (χ0) is 14.5. The van der Waals surface area contributed by atoms with Gasteiger partial charge in [0, 0.05) is 24.3 Å². The lowest BCUT2D eigenvalue weighted by molar-refractivity contribution is 0.267.